The average molecular weight is 328 g/mol. The van der Waals surface area contributed by atoms with Crippen molar-refractivity contribution < 1.29 is 14.3 Å². The highest BCUT2D eigenvalue weighted by molar-refractivity contribution is 6.30. The topological polar surface area (TPSA) is 62.5 Å². The maximum atomic E-state index is 12.2. The molecule has 0 aliphatic heterocycles. The van der Waals surface area contributed by atoms with E-state index in [-0.39, 0.29) is 12.5 Å². The molecular weight excluding hydrogens is 314 g/mol. The molecule has 1 amide bonds. The van der Waals surface area contributed by atoms with Crippen LogP contribution >= 0.6 is 11.6 Å². The van der Waals surface area contributed by atoms with Crippen molar-refractivity contribution in [3.05, 3.63) is 77.0 Å². The summed E-state index contributed by atoms with van der Waals surface area (Å²) in [7, 11) is 0. The lowest BCUT2D eigenvalue weighted by atomic mass is 10.1. The minimum Gasteiger partial charge on any atom is -0.459 e. The van der Waals surface area contributed by atoms with Crippen LogP contribution in [-0.2, 0) is 6.61 Å². The van der Waals surface area contributed by atoms with Crippen LogP contribution < -0.4 is 5.32 Å². The third-order valence-corrected chi connectivity index (χ3v) is 3.58. The Morgan fingerprint density at radius 1 is 1.09 bits per heavy atom. The van der Waals surface area contributed by atoms with E-state index in [9.17, 15) is 4.79 Å². The summed E-state index contributed by atoms with van der Waals surface area (Å²) in [6.07, 6.45) is 0. The molecular formula is C18H14ClNO3. The van der Waals surface area contributed by atoms with Gasteiger partial charge in [-0.1, -0.05) is 23.7 Å². The molecule has 0 saturated carbocycles. The summed E-state index contributed by atoms with van der Waals surface area (Å²) in [4.78, 5) is 12.2. The van der Waals surface area contributed by atoms with E-state index in [2.05, 4.69) is 5.32 Å². The van der Waals surface area contributed by atoms with Gasteiger partial charge in [0.2, 0.25) is 0 Å². The maximum Gasteiger partial charge on any atom is 0.255 e. The highest BCUT2D eigenvalue weighted by atomic mass is 35.5. The molecule has 2 aromatic carbocycles. The first-order valence-electron chi connectivity index (χ1n) is 7.02. The predicted octanol–water partition coefficient (Wildman–Crippen LogP) is 4.34. The fourth-order valence-electron chi connectivity index (χ4n) is 2.17. The summed E-state index contributed by atoms with van der Waals surface area (Å²) >= 11 is 5.82. The Hall–Kier alpha value is -2.56. The Labute approximate surface area is 138 Å². The van der Waals surface area contributed by atoms with Crippen molar-refractivity contribution in [3.63, 3.8) is 0 Å². The number of nitrogens with one attached hydrogen (secondary N) is 1. The number of hydrogen-bond acceptors (Lipinski definition) is 3. The predicted molar refractivity (Wildman–Crippen MR) is 89.5 cm³/mol. The van der Waals surface area contributed by atoms with E-state index in [0.717, 1.165) is 5.56 Å². The van der Waals surface area contributed by atoms with Crippen LogP contribution in [0, 0.1) is 0 Å². The number of carbonyl (C=O) groups excluding carboxylic acids is 1. The number of hydrogen-bond donors (Lipinski definition) is 2. The van der Waals surface area contributed by atoms with Crippen molar-refractivity contribution in [1.29, 1.82) is 0 Å². The normalized spacial score (nSPS) is 10.5. The molecule has 0 radical (unpaired) electrons. The van der Waals surface area contributed by atoms with Gasteiger partial charge < -0.3 is 14.8 Å². The summed E-state index contributed by atoms with van der Waals surface area (Å²) in [5.74, 6) is 0.918. The highest BCUT2D eigenvalue weighted by Crippen LogP contribution is 2.25. The molecule has 0 aliphatic carbocycles. The van der Waals surface area contributed by atoms with E-state index in [0.29, 0.717) is 27.8 Å². The van der Waals surface area contributed by atoms with E-state index in [1.54, 1.807) is 42.5 Å². The summed E-state index contributed by atoms with van der Waals surface area (Å²) in [6.45, 7) is -0.146. The summed E-state index contributed by atoms with van der Waals surface area (Å²) in [5, 5.41) is 12.5. The van der Waals surface area contributed by atoms with Gasteiger partial charge in [-0.2, -0.15) is 0 Å². The standard InChI is InChI=1S/C18H14ClNO3/c19-14-6-4-12(5-7-14)18(22)20-15-3-1-2-13(10-15)17-9-8-16(11-21)23-17/h1-10,21H,11H2,(H,20,22). The first-order chi connectivity index (χ1) is 11.2. The Morgan fingerprint density at radius 2 is 1.87 bits per heavy atom. The number of benzene rings is 2. The van der Waals surface area contributed by atoms with Gasteiger partial charge in [-0.05, 0) is 48.5 Å². The van der Waals surface area contributed by atoms with Gasteiger partial charge in [0.1, 0.15) is 18.1 Å². The van der Waals surface area contributed by atoms with Crippen LogP contribution in [0.25, 0.3) is 11.3 Å². The lowest BCUT2D eigenvalue weighted by Gasteiger charge is -2.07. The molecule has 5 heteroatoms. The highest BCUT2D eigenvalue weighted by Gasteiger charge is 2.08. The van der Waals surface area contributed by atoms with E-state index in [1.165, 1.54) is 0 Å². The van der Waals surface area contributed by atoms with Gasteiger partial charge in [-0.3, -0.25) is 4.79 Å². The fraction of sp³-hybridized carbons (Fsp3) is 0.0556. The smallest absolute Gasteiger partial charge is 0.255 e. The van der Waals surface area contributed by atoms with Crippen molar-refractivity contribution in [3.8, 4) is 11.3 Å². The molecule has 23 heavy (non-hydrogen) atoms. The summed E-state index contributed by atoms with van der Waals surface area (Å²) in [5.41, 5.74) is 2.00. The second-order valence-electron chi connectivity index (χ2n) is 4.97. The Kier molecular flexibility index (Phi) is 4.46. The van der Waals surface area contributed by atoms with Crippen molar-refractivity contribution >= 4 is 23.2 Å². The zero-order valence-corrected chi connectivity index (χ0v) is 12.9. The maximum absolute atomic E-state index is 12.2. The van der Waals surface area contributed by atoms with E-state index >= 15 is 0 Å². The number of aliphatic hydroxyl groups excluding tert-OH is 1. The first kappa shape index (κ1) is 15.3. The second kappa shape index (κ2) is 6.69. The van der Waals surface area contributed by atoms with Crippen LogP contribution in [0.1, 0.15) is 16.1 Å². The summed E-state index contributed by atoms with van der Waals surface area (Å²) < 4.78 is 5.50. The first-order valence-corrected chi connectivity index (χ1v) is 7.40. The quantitative estimate of drug-likeness (QED) is 0.749. The van der Waals surface area contributed by atoms with Crippen molar-refractivity contribution in [1.82, 2.24) is 0 Å². The van der Waals surface area contributed by atoms with Gasteiger partial charge in [0, 0.05) is 21.8 Å². The molecule has 0 saturated heterocycles. The Balaban J connectivity index is 1.79. The molecule has 0 aliphatic rings. The fourth-order valence-corrected chi connectivity index (χ4v) is 2.30. The molecule has 0 fully saturated rings. The van der Waals surface area contributed by atoms with Gasteiger partial charge in [0.15, 0.2) is 0 Å². The van der Waals surface area contributed by atoms with Crippen molar-refractivity contribution in [2.24, 2.45) is 0 Å². The molecule has 116 valence electrons. The van der Waals surface area contributed by atoms with Gasteiger partial charge in [-0.15, -0.1) is 0 Å². The largest absolute Gasteiger partial charge is 0.459 e. The second-order valence-corrected chi connectivity index (χ2v) is 5.40. The van der Waals surface area contributed by atoms with Crippen molar-refractivity contribution in [2.75, 3.05) is 5.32 Å². The molecule has 0 spiro atoms. The van der Waals surface area contributed by atoms with Crippen LogP contribution in [0.3, 0.4) is 0 Å². The van der Waals surface area contributed by atoms with Gasteiger partial charge in [0.25, 0.3) is 5.91 Å². The van der Waals surface area contributed by atoms with Gasteiger partial charge >= 0.3 is 0 Å². The molecule has 3 rings (SSSR count). The monoisotopic (exact) mass is 327 g/mol. The molecule has 0 atom stereocenters. The van der Waals surface area contributed by atoms with Crippen LogP contribution in [0.15, 0.2) is 65.1 Å². The number of carbonyl (C=O) groups is 1. The molecule has 0 bridgehead atoms. The number of amides is 1. The van der Waals surface area contributed by atoms with Crippen LogP contribution in [0.5, 0.6) is 0 Å². The summed E-state index contributed by atoms with van der Waals surface area (Å²) in [6, 6.07) is 17.5. The average Bonchev–Trinajstić information content (AvgIpc) is 3.05. The number of rotatable bonds is 4. The molecule has 1 aromatic heterocycles. The third kappa shape index (κ3) is 3.62. The minimum absolute atomic E-state index is 0.146. The Morgan fingerprint density at radius 3 is 2.57 bits per heavy atom. The zero-order chi connectivity index (χ0) is 16.2. The van der Waals surface area contributed by atoms with E-state index < -0.39 is 0 Å². The molecule has 0 unspecified atom stereocenters. The lowest BCUT2D eigenvalue weighted by Crippen LogP contribution is -2.11. The zero-order valence-electron chi connectivity index (χ0n) is 12.1. The number of halogens is 1. The Bertz CT molecular complexity index is 824. The molecule has 3 aromatic rings. The molecule has 2 N–H and O–H groups in total. The van der Waals surface area contributed by atoms with Crippen LogP contribution in [0.2, 0.25) is 5.02 Å². The van der Waals surface area contributed by atoms with E-state index in [1.807, 2.05) is 18.2 Å². The number of furan rings is 1. The lowest BCUT2D eigenvalue weighted by molar-refractivity contribution is 0.102. The minimum atomic E-state index is -0.214. The number of aliphatic hydroxyl groups is 1. The molecule has 1 heterocycles. The number of anilines is 1. The van der Waals surface area contributed by atoms with E-state index in [4.69, 9.17) is 21.1 Å². The SMILES string of the molecule is O=C(Nc1cccc(-c2ccc(CO)o2)c1)c1ccc(Cl)cc1. The van der Waals surface area contributed by atoms with Crippen LogP contribution in [-0.4, -0.2) is 11.0 Å². The molecule has 4 nitrogen and oxygen atoms in total. The van der Waals surface area contributed by atoms with Gasteiger partial charge in [-0.25, -0.2) is 0 Å². The van der Waals surface area contributed by atoms with Crippen LogP contribution in [0.4, 0.5) is 5.69 Å². The van der Waals surface area contributed by atoms with Gasteiger partial charge in [0.05, 0.1) is 0 Å². The van der Waals surface area contributed by atoms with Crippen molar-refractivity contribution in [2.45, 2.75) is 6.61 Å². The third-order valence-electron chi connectivity index (χ3n) is 3.33.